The van der Waals surface area contributed by atoms with Gasteiger partial charge in [0, 0.05) is 21.6 Å². The van der Waals surface area contributed by atoms with Gasteiger partial charge in [0.05, 0.1) is 9.79 Å². The molecule has 4 nitrogen and oxygen atoms in total. The maximum Gasteiger partial charge on any atom is 0.229 e. The number of benzene rings is 2. The van der Waals surface area contributed by atoms with Gasteiger partial charge in [0.25, 0.3) is 0 Å². The fourth-order valence-corrected chi connectivity index (χ4v) is 8.99. The Morgan fingerprint density at radius 3 is 1.09 bits per heavy atom. The molecule has 0 aliphatic rings. The highest BCUT2D eigenvalue weighted by Crippen LogP contribution is 2.27. The second kappa shape index (κ2) is 14.1. The van der Waals surface area contributed by atoms with Crippen LogP contribution in [0, 0.1) is 0 Å². The normalized spacial score (nSPS) is 12.2. The van der Waals surface area contributed by atoms with E-state index in [9.17, 15) is 16.8 Å². The Morgan fingerprint density at radius 1 is 0.500 bits per heavy atom. The molecule has 0 radical (unpaired) electrons. The highest BCUT2D eigenvalue weighted by molar-refractivity contribution is 8.72. The average molecular weight is 556 g/mol. The number of rotatable bonds is 15. The average Bonchev–Trinajstić information content (AvgIpc) is 2.75. The minimum atomic E-state index is -3.31. The van der Waals surface area contributed by atoms with E-state index in [0.29, 0.717) is 31.3 Å². The first-order valence-electron chi connectivity index (χ1n) is 10.5. The van der Waals surface area contributed by atoms with E-state index in [1.807, 2.05) is 0 Å². The molecule has 0 aliphatic heterocycles. The molecular weight excluding hydrogens is 527 g/mol. The lowest BCUT2D eigenvalue weighted by Gasteiger charge is -2.05. The molecule has 0 heterocycles. The van der Waals surface area contributed by atoms with Gasteiger partial charge in [-0.15, -0.1) is 0 Å². The first kappa shape index (κ1) is 27.9. The van der Waals surface area contributed by atoms with Crippen LogP contribution in [-0.4, -0.2) is 28.3 Å². The Labute approximate surface area is 209 Å². The van der Waals surface area contributed by atoms with Crippen molar-refractivity contribution in [2.45, 2.75) is 61.2 Å². The van der Waals surface area contributed by atoms with Crippen molar-refractivity contribution in [2.24, 2.45) is 0 Å². The van der Waals surface area contributed by atoms with Crippen LogP contribution in [-0.2, 0) is 17.7 Å². The number of halogens is 2. The van der Waals surface area contributed by atoms with Crippen molar-refractivity contribution in [1.82, 2.24) is 0 Å². The molecule has 0 aromatic heterocycles. The Morgan fingerprint density at radius 2 is 0.781 bits per heavy atom. The van der Waals surface area contributed by atoms with Crippen LogP contribution >= 0.6 is 44.8 Å². The van der Waals surface area contributed by atoms with E-state index < -0.39 is 17.7 Å². The molecule has 0 saturated heterocycles. The molecule has 0 bridgehead atoms. The van der Waals surface area contributed by atoms with Gasteiger partial charge in [-0.25, -0.2) is 16.8 Å². The van der Waals surface area contributed by atoms with Crippen LogP contribution in [0.15, 0.2) is 58.3 Å². The standard InChI is InChI=1S/C22H28Cl2O4S4/c23-19-9-13-21(14-10-19)31(25,26)29-17-7-5-3-1-2-4-6-8-18-30-32(27,28)22-15-11-20(24)12-16-22/h9-16H,1-8,17-18H2. The number of hydrogen-bond donors (Lipinski definition) is 0. The van der Waals surface area contributed by atoms with Gasteiger partial charge in [-0.1, -0.05) is 61.7 Å². The summed E-state index contributed by atoms with van der Waals surface area (Å²) in [6.45, 7) is 0. The molecule has 0 fully saturated rings. The van der Waals surface area contributed by atoms with Crippen LogP contribution in [0.3, 0.4) is 0 Å². The summed E-state index contributed by atoms with van der Waals surface area (Å²) < 4.78 is 48.9. The second-order valence-electron chi connectivity index (χ2n) is 7.29. The summed E-state index contributed by atoms with van der Waals surface area (Å²) in [7, 11) is -4.65. The molecule has 2 aromatic carbocycles. The summed E-state index contributed by atoms with van der Waals surface area (Å²) in [5.74, 6) is 1.18. The summed E-state index contributed by atoms with van der Waals surface area (Å²) in [5, 5.41) is 1.05. The van der Waals surface area contributed by atoms with Crippen LogP contribution in [0.25, 0.3) is 0 Å². The quantitative estimate of drug-likeness (QED) is 0.166. The lowest BCUT2D eigenvalue weighted by molar-refractivity contribution is 0.587. The predicted octanol–water partition coefficient (Wildman–Crippen LogP) is 7.66. The summed E-state index contributed by atoms with van der Waals surface area (Å²) in [5.41, 5.74) is 0. The van der Waals surface area contributed by atoms with Crippen molar-refractivity contribution >= 4 is 62.5 Å². The molecule has 0 saturated carbocycles. The lowest BCUT2D eigenvalue weighted by atomic mass is 10.1. The third-order valence-electron chi connectivity index (χ3n) is 4.72. The molecule has 0 N–H and O–H groups in total. The highest BCUT2D eigenvalue weighted by atomic mass is 35.5. The van der Waals surface area contributed by atoms with Gasteiger partial charge >= 0.3 is 0 Å². The summed E-state index contributed by atoms with van der Waals surface area (Å²) in [4.78, 5) is 0.594. The van der Waals surface area contributed by atoms with Gasteiger partial charge in [0.1, 0.15) is 0 Å². The monoisotopic (exact) mass is 554 g/mol. The Balaban J connectivity index is 1.47. The lowest BCUT2D eigenvalue weighted by Crippen LogP contribution is -1.97. The topological polar surface area (TPSA) is 68.3 Å². The molecular formula is C22H28Cl2O4S4. The maximum atomic E-state index is 12.2. The molecule has 0 unspecified atom stereocenters. The highest BCUT2D eigenvalue weighted by Gasteiger charge is 2.15. The van der Waals surface area contributed by atoms with Gasteiger partial charge in [-0.05, 0) is 83.0 Å². The smallest absolute Gasteiger partial charge is 0.212 e. The zero-order chi connectivity index (χ0) is 23.5. The Bertz CT molecular complexity index is 937. The second-order valence-corrected chi connectivity index (χ2v) is 16.3. The van der Waals surface area contributed by atoms with Gasteiger partial charge < -0.3 is 0 Å². The van der Waals surface area contributed by atoms with Crippen LogP contribution in [0.4, 0.5) is 0 Å². The molecule has 0 atom stereocenters. The zero-order valence-corrected chi connectivity index (χ0v) is 22.5. The Hall–Kier alpha value is -0.380. The Kier molecular flexibility index (Phi) is 12.3. The van der Waals surface area contributed by atoms with E-state index in [1.165, 1.54) is 24.3 Å². The fourth-order valence-electron chi connectivity index (χ4n) is 2.94. The van der Waals surface area contributed by atoms with Gasteiger partial charge in [-0.3, -0.25) is 0 Å². The summed E-state index contributed by atoms with van der Waals surface area (Å²) in [6.07, 6.45) is 8.17. The summed E-state index contributed by atoms with van der Waals surface area (Å²) >= 11 is 11.6. The van der Waals surface area contributed by atoms with E-state index >= 15 is 0 Å². The van der Waals surface area contributed by atoms with E-state index in [-0.39, 0.29) is 0 Å². The largest absolute Gasteiger partial charge is 0.229 e. The molecule has 178 valence electrons. The minimum absolute atomic E-state index is 0.297. The molecule has 2 rings (SSSR count). The summed E-state index contributed by atoms with van der Waals surface area (Å²) in [6, 6.07) is 12.5. The van der Waals surface area contributed by atoms with Crippen molar-refractivity contribution in [3.05, 3.63) is 58.6 Å². The predicted molar refractivity (Wildman–Crippen MR) is 139 cm³/mol. The van der Waals surface area contributed by atoms with Crippen LogP contribution in [0.1, 0.15) is 51.4 Å². The molecule has 0 spiro atoms. The molecule has 0 amide bonds. The van der Waals surface area contributed by atoms with E-state index in [1.54, 1.807) is 24.3 Å². The first-order valence-corrected chi connectivity index (χ1v) is 17.2. The minimum Gasteiger partial charge on any atom is -0.212 e. The fraction of sp³-hybridized carbons (Fsp3) is 0.455. The van der Waals surface area contributed by atoms with Crippen LogP contribution < -0.4 is 0 Å². The first-order chi connectivity index (χ1) is 15.2. The van der Waals surface area contributed by atoms with E-state index in [4.69, 9.17) is 23.2 Å². The zero-order valence-electron chi connectivity index (χ0n) is 17.7. The van der Waals surface area contributed by atoms with E-state index in [2.05, 4.69) is 0 Å². The number of unbranched alkanes of at least 4 members (excludes halogenated alkanes) is 7. The molecule has 10 heteroatoms. The van der Waals surface area contributed by atoms with Crippen molar-refractivity contribution in [2.75, 3.05) is 11.5 Å². The van der Waals surface area contributed by atoms with Gasteiger partial charge in [0.2, 0.25) is 17.7 Å². The molecule has 32 heavy (non-hydrogen) atoms. The van der Waals surface area contributed by atoms with Crippen LogP contribution in [0.2, 0.25) is 10.0 Å². The van der Waals surface area contributed by atoms with Gasteiger partial charge in [0.15, 0.2) is 0 Å². The van der Waals surface area contributed by atoms with E-state index in [0.717, 1.165) is 73.0 Å². The molecule has 2 aromatic rings. The van der Waals surface area contributed by atoms with Crippen molar-refractivity contribution in [1.29, 1.82) is 0 Å². The molecule has 0 aliphatic carbocycles. The van der Waals surface area contributed by atoms with Crippen molar-refractivity contribution < 1.29 is 16.8 Å². The number of hydrogen-bond acceptors (Lipinski definition) is 6. The SMILES string of the molecule is O=S(=O)(SCCCCCCCCCCSS(=O)(=O)c1ccc(Cl)cc1)c1ccc(Cl)cc1. The maximum absolute atomic E-state index is 12.2. The van der Waals surface area contributed by atoms with Crippen molar-refractivity contribution in [3.63, 3.8) is 0 Å². The van der Waals surface area contributed by atoms with Crippen LogP contribution in [0.5, 0.6) is 0 Å². The van der Waals surface area contributed by atoms with Crippen molar-refractivity contribution in [3.8, 4) is 0 Å². The third kappa shape index (κ3) is 10.3. The third-order valence-corrected chi connectivity index (χ3v) is 12.5. The van der Waals surface area contributed by atoms with Gasteiger partial charge in [-0.2, -0.15) is 0 Å².